The van der Waals surface area contributed by atoms with Gasteiger partial charge in [0, 0.05) is 5.56 Å². The normalized spacial score (nSPS) is 11.4. The van der Waals surface area contributed by atoms with Crippen LogP contribution in [0.2, 0.25) is 0 Å². The molecule has 0 radical (unpaired) electrons. The van der Waals surface area contributed by atoms with Gasteiger partial charge in [0.2, 0.25) is 10.0 Å². The number of methoxy groups -OCH3 is 1. The van der Waals surface area contributed by atoms with Crippen molar-refractivity contribution in [2.24, 2.45) is 0 Å². The first-order valence-electron chi connectivity index (χ1n) is 7.22. The van der Waals surface area contributed by atoms with Crippen LogP contribution in [-0.4, -0.2) is 33.5 Å². The number of hydrogen-bond donors (Lipinski definition) is 2. The summed E-state index contributed by atoms with van der Waals surface area (Å²) in [5, 5.41) is 3.11. The van der Waals surface area contributed by atoms with Gasteiger partial charge >= 0.3 is 0 Å². The van der Waals surface area contributed by atoms with Crippen molar-refractivity contribution in [3.05, 3.63) is 48.0 Å². The summed E-state index contributed by atoms with van der Waals surface area (Å²) in [5.74, 6) is 0.264. The molecule has 0 aliphatic carbocycles. The van der Waals surface area contributed by atoms with E-state index in [4.69, 9.17) is 4.74 Å². The molecule has 3 aromatic rings. The molecule has 9 heteroatoms. The lowest BCUT2D eigenvalue weighted by molar-refractivity contribution is 0.102. The van der Waals surface area contributed by atoms with Crippen LogP contribution in [0.1, 0.15) is 10.4 Å². The van der Waals surface area contributed by atoms with E-state index in [2.05, 4.69) is 15.0 Å². The molecule has 0 atom stereocenters. The average molecular weight is 377 g/mol. The highest BCUT2D eigenvalue weighted by molar-refractivity contribution is 7.89. The summed E-state index contributed by atoms with van der Waals surface area (Å²) in [5.41, 5.74) is 1.05. The summed E-state index contributed by atoms with van der Waals surface area (Å²) in [6, 6.07) is 11.4. The van der Waals surface area contributed by atoms with E-state index < -0.39 is 10.0 Å². The number of aromatic nitrogens is 1. The molecule has 2 aromatic carbocycles. The molecule has 1 amide bonds. The molecule has 0 fully saturated rings. The van der Waals surface area contributed by atoms with Gasteiger partial charge in [-0.1, -0.05) is 17.4 Å². The van der Waals surface area contributed by atoms with Gasteiger partial charge in [-0.25, -0.2) is 18.1 Å². The molecule has 0 saturated heterocycles. The van der Waals surface area contributed by atoms with Crippen LogP contribution in [0.3, 0.4) is 0 Å². The number of hydrogen-bond acceptors (Lipinski definition) is 6. The Bertz CT molecular complexity index is 1040. The van der Waals surface area contributed by atoms with Crippen molar-refractivity contribution >= 4 is 42.6 Å². The number of carbonyl (C=O) groups excluding carboxylic acids is 1. The lowest BCUT2D eigenvalue weighted by Gasteiger charge is -2.03. The molecule has 3 rings (SSSR count). The van der Waals surface area contributed by atoms with Crippen molar-refractivity contribution in [3.63, 3.8) is 0 Å². The van der Waals surface area contributed by atoms with Crippen molar-refractivity contribution in [1.82, 2.24) is 9.71 Å². The fraction of sp³-hybridized carbons (Fsp3) is 0.125. The number of amides is 1. The van der Waals surface area contributed by atoms with E-state index in [0.717, 1.165) is 0 Å². The number of ether oxygens (including phenoxy) is 1. The van der Waals surface area contributed by atoms with Gasteiger partial charge < -0.3 is 4.74 Å². The standard InChI is InChI=1S/C16H15N3O4S2/c1-17-25(21,22)12-6-7-13-14(9-12)24-16(18-13)19-15(20)10-4-3-5-11(8-10)23-2/h3-9,17H,1-2H3,(H,18,19,20). The maximum absolute atomic E-state index is 12.3. The molecule has 0 aliphatic rings. The second-order valence-electron chi connectivity index (χ2n) is 5.04. The number of benzene rings is 2. The van der Waals surface area contributed by atoms with Crippen LogP contribution >= 0.6 is 11.3 Å². The number of thiazole rings is 1. The van der Waals surface area contributed by atoms with Gasteiger partial charge in [-0.05, 0) is 43.4 Å². The predicted octanol–water partition coefficient (Wildman–Crippen LogP) is 2.47. The number of sulfonamides is 1. The van der Waals surface area contributed by atoms with Crippen LogP contribution in [0.25, 0.3) is 10.2 Å². The number of fused-ring (bicyclic) bond motifs is 1. The monoisotopic (exact) mass is 377 g/mol. The number of anilines is 1. The third kappa shape index (κ3) is 3.63. The Hall–Kier alpha value is -2.49. The fourth-order valence-corrected chi connectivity index (χ4v) is 3.91. The highest BCUT2D eigenvalue weighted by atomic mass is 32.2. The van der Waals surface area contributed by atoms with Crippen LogP contribution in [0.4, 0.5) is 5.13 Å². The van der Waals surface area contributed by atoms with Crippen LogP contribution in [0, 0.1) is 0 Å². The van der Waals surface area contributed by atoms with Gasteiger partial charge in [-0.3, -0.25) is 10.1 Å². The molecule has 130 valence electrons. The van der Waals surface area contributed by atoms with Crippen molar-refractivity contribution in [2.75, 3.05) is 19.5 Å². The lowest BCUT2D eigenvalue weighted by Crippen LogP contribution is -2.18. The number of carbonyl (C=O) groups is 1. The zero-order chi connectivity index (χ0) is 18.0. The van der Waals surface area contributed by atoms with E-state index in [-0.39, 0.29) is 10.8 Å². The highest BCUT2D eigenvalue weighted by Gasteiger charge is 2.15. The number of rotatable bonds is 5. The third-order valence-electron chi connectivity index (χ3n) is 3.49. The second kappa shape index (κ2) is 6.79. The molecule has 2 N–H and O–H groups in total. The summed E-state index contributed by atoms with van der Waals surface area (Å²) in [6.07, 6.45) is 0. The van der Waals surface area contributed by atoms with E-state index in [1.54, 1.807) is 30.3 Å². The summed E-state index contributed by atoms with van der Waals surface area (Å²) in [4.78, 5) is 16.8. The van der Waals surface area contributed by atoms with Gasteiger partial charge in [0.1, 0.15) is 5.75 Å². The third-order valence-corrected chi connectivity index (χ3v) is 5.84. The maximum Gasteiger partial charge on any atom is 0.257 e. The first-order chi connectivity index (χ1) is 11.9. The van der Waals surface area contributed by atoms with Crippen molar-refractivity contribution < 1.29 is 17.9 Å². The topological polar surface area (TPSA) is 97.4 Å². The van der Waals surface area contributed by atoms with Gasteiger partial charge in [0.25, 0.3) is 5.91 Å². The predicted molar refractivity (Wildman–Crippen MR) is 96.8 cm³/mol. The zero-order valence-electron chi connectivity index (χ0n) is 13.4. The van der Waals surface area contributed by atoms with Crippen LogP contribution in [0.15, 0.2) is 47.4 Å². The summed E-state index contributed by atoms with van der Waals surface area (Å²) >= 11 is 1.20. The number of nitrogens with zero attached hydrogens (tertiary/aromatic N) is 1. The van der Waals surface area contributed by atoms with E-state index >= 15 is 0 Å². The minimum absolute atomic E-state index is 0.150. The molecule has 25 heavy (non-hydrogen) atoms. The van der Waals surface area contributed by atoms with Crippen LogP contribution < -0.4 is 14.8 Å². The van der Waals surface area contributed by atoms with Crippen molar-refractivity contribution in [3.8, 4) is 5.75 Å². The Morgan fingerprint density at radius 3 is 2.72 bits per heavy atom. The smallest absolute Gasteiger partial charge is 0.257 e. The average Bonchev–Trinajstić information content (AvgIpc) is 3.03. The Labute approximate surface area is 148 Å². The van der Waals surface area contributed by atoms with E-state index in [0.29, 0.717) is 26.7 Å². The molecule has 0 saturated carbocycles. The van der Waals surface area contributed by atoms with E-state index in [9.17, 15) is 13.2 Å². The molecule has 0 unspecified atom stereocenters. The Morgan fingerprint density at radius 2 is 2.00 bits per heavy atom. The molecule has 0 bridgehead atoms. The van der Waals surface area contributed by atoms with Gasteiger partial charge in [0.15, 0.2) is 5.13 Å². The lowest BCUT2D eigenvalue weighted by atomic mass is 10.2. The Balaban J connectivity index is 1.88. The van der Waals surface area contributed by atoms with Gasteiger partial charge in [-0.2, -0.15) is 0 Å². The summed E-state index contributed by atoms with van der Waals surface area (Å²) < 4.78 is 31.8. The highest BCUT2D eigenvalue weighted by Crippen LogP contribution is 2.28. The molecule has 1 heterocycles. The van der Waals surface area contributed by atoms with Gasteiger partial charge in [-0.15, -0.1) is 0 Å². The van der Waals surface area contributed by atoms with E-state index in [1.807, 2.05) is 0 Å². The minimum Gasteiger partial charge on any atom is -0.497 e. The maximum atomic E-state index is 12.3. The molecular weight excluding hydrogens is 362 g/mol. The van der Waals surface area contributed by atoms with Crippen LogP contribution in [0.5, 0.6) is 5.75 Å². The SMILES string of the molecule is CNS(=O)(=O)c1ccc2nc(NC(=O)c3cccc(OC)c3)sc2c1. The molecule has 0 spiro atoms. The van der Waals surface area contributed by atoms with Gasteiger partial charge in [0.05, 0.1) is 22.2 Å². The summed E-state index contributed by atoms with van der Waals surface area (Å²) in [6.45, 7) is 0. The van der Waals surface area contributed by atoms with Crippen molar-refractivity contribution in [1.29, 1.82) is 0 Å². The quantitative estimate of drug-likeness (QED) is 0.712. The molecule has 0 aliphatic heterocycles. The van der Waals surface area contributed by atoms with Crippen molar-refractivity contribution in [2.45, 2.75) is 4.90 Å². The summed E-state index contributed by atoms with van der Waals surface area (Å²) in [7, 11) is -0.644. The second-order valence-corrected chi connectivity index (χ2v) is 7.96. The molecular formula is C16H15N3O4S2. The first kappa shape index (κ1) is 17.3. The van der Waals surface area contributed by atoms with E-state index in [1.165, 1.54) is 37.6 Å². The minimum atomic E-state index is -3.53. The molecule has 7 nitrogen and oxygen atoms in total. The largest absolute Gasteiger partial charge is 0.497 e. The Kier molecular flexibility index (Phi) is 4.71. The first-order valence-corrected chi connectivity index (χ1v) is 9.52. The molecule has 1 aromatic heterocycles. The van der Waals surface area contributed by atoms with Crippen LogP contribution in [-0.2, 0) is 10.0 Å². The Morgan fingerprint density at radius 1 is 1.20 bits per heavy atom. The fourth-order valence-electron chi connectivity index (χ4n) is 2.18. The zero-order valence-corrected chi connectivity index (χ0v) is 15.1. The number of nitrogens with one attached hydrogen (secondary N) is 2.